The van der Waals surface area contributed by atoms with E-state index in [9.17, 15) is 9.18 Å². The molecule has 1 fully saturated rings. The summed E-state index contributed by atoms with van der Waals surface area (Å²) in [7, 11) is 1.98. The number of fused-ring (bicyclic) bond motifs is 3. The second kappa shape index (κ2) is 10.3. The second-order valence-corrected chi connectivity index (χ2v) is 11.2. The normalized spacial score (nSPS) is 16.1. The summed E-state index contributed by atoms with van der Waals surface area (Å²) in [4.78, 5) is 28.9. The lowest BCUT2D eigenvalue weighted by molar-refractivity contribution is 0.0723. The number of carbonyl (C=O) groups excluding carboxylic acids is 1. The van der Waals surface area contributed by atoms with Gasteiger partial charge in [0.25, 0.3) is 5.91 Å². The summed E-state index contributed by atoms with van der Waals surface area (Å²) in [5, 5.41) is 1.09. The van der Waals surface area contributed by atoms with Crippen LogP contribution in [0.2, 0.25) is 0 Å². The molecule has 1 aliphatic carbocycles. The molecule has 1 aromatic carbocycles. The molecule has 41 heavy (non-hydrogen) atoms. The molecule has 7 rings (SSSR count). The van der Waals surface area contributed by atoms with Crippen LogP contribution in [0.15, 0.2) is 49.1 Å². The Morgan fingerprint density at radius 1 is 1.22 bits per heavy atom. The lowest BCUT2D eigenvalue weighted by Gasteiger charge is -2.29. The Hall–Kier alpha value is -4.25. The van der Waals surface area contributed by atoms with Gasteiger partial charge >= 0.3 is 0 Å². The molecule has 2 aliphatic rings. The number of nitrogens with two attached hydrogens (primary N) is 1. The van der Waals surface area contributed by atoms with Crippen LogP contribution in [0.1, 0.15) is 28.9 Å². The number of hydrogen-bond donors (Lipinski definition) is 1. The molecule has 10 nitrogen and oxygen atoms in total. The third kappa shape index (κ3) is 4.73. The van der Waals surface area contributed by atoms with Crippen LogP contribution < -0.4 is 10.5 Å². The van der Waals surface area contributed by atoms with Gasteiger partial charge < -0.3 is 29.1 Å². The van der Waals surface area contributed by atoms with Crippen molar-refractivity contribution in [2.45, 2.75) is 38.4 Å². The van der Waals surface area contributed by atoms with Crippen LogP contribution in [-0.2, 0) is 26.6 Å². The van der Waals surface area contributed by atoms with Crippen LogP contribution in [0.4, 0.5) is 4.39 Å². The third-order valence-electron chi connectivity index (χ3n) is 8.13. The minimum atomic E-state index is -0.688. The number of amides is 1. The van der Waals surface area contributed by atoms with Gasteiger partial charge in [0.1, 0.15) is 24.5 Å². The minimum Gasteiger partial charge on any atom is -0.490 e. The highest BCUT2D eigenvalue weighted by molar-refractivity contribution is 5.99. The van der Waals surface area contributed by atoms with Gasteiger partial charge in [-0.2, -0.15) is 0 Å². The summed E-state index contributed by atoms with van der Waals surface area (Å²) in [6.07, 6.45) is 8.51. The van der Waals surface area contributed by atoms with E-state index in [0.717, 1.165) is 46.1 Å². The fraction of sp³-hybridized carbons (Fsp3) is 0.400. The molecule has 1 aliphatic heterocycles. The fourth-order valence-electron chi connectivity index (χ4n) is 5.79. The van der Waals surface area contributed by atoms with E-state index in [1.807, 2.05) is 40.6 Å². The molecule has 0 unspecified atom stereocenters. The number of benzene rings is 1. The highest BCUT2D eigenvalue weighted by Crippen LogP contribution is 2.39. The van der Waals surface area contributed by atoms with Crippen LogP contribution in [0.25, 0.3) is 33.6 Å². The van der Waals surface area contributed by atoms with Crippen molar-refractivity contribution < 1.29 is 13.9 Å². The number of aryl methyl sites for hydroxylation is 1. The predicted molar refractivity (Wildman–Crippen MR) is 153 cm³/mol. The Labute approximate surface area is 236 Å². The quantitative estimate of drug-likeness (QED) is 0.282. The second-order valence-electron chi connectivity index (χ2n) is 11.2. The molecule has 1 amide bonds. The van der Waals surface area contributed by atoms with Gasteiger partial charge in [0.15, 0.2) is 11.5 Å². The van der Waals surface area contributed by atoms with Crippen molar-refractivity contribution in [3.63, 3.8) is 0 Å². The van der Waals surface area contributed by atoms with Crippen LogP contribution in [0, 0.1) is 5.92 Å². The summed E-state index contributed by atoms with van der Waals surface area (Å²) < 4.78 is 25.7. The standard InChI is InChI=1S/C30H33FN8O2/c1-36-28-24(14-22-23(34-28)7-9-38(30(22)40)17-21(32)15-31)35-29(36)25-13-20-3-2-4-26(27(20)39(25)16-19-5-6-19)41-12-11-37-10-8-33-18-37/h2-4,8,10,13-14,18-19,21H,5-7,9,11-12,15-17,32H2,1H3/t21-/m1/s1. The van der Waals surface area contributed by atoms with E-state index in [4.69, 9.17) is 20.4 Å². The molecule has 0 radical (unpaired) electrons. The van der Waals surface area contributed by atoms with Crippen LogP contribution in [0.5, 0.6) is 5.75 Å². The topological polar surface area (TPSA) is 109 Å². The molecule has 4 aromatic heterocycles. The molecule has 0 saturated heterocycles. The maximum atomic E-state index is 13.2. The zero-order chi connectivity index (χ0) is 28.1. The predicted octanol–water partition coefficient (Wildman–Crippen LogP) is 3.57. The number of imidazole rings is 2. The first kappa shape index (κ1) is 25.7. The van der Waals surface area contributed by atoms with E-state index >= 15 is 0 Å². The summed E-state index contributed by atoms with van der Waals surface area (Å²) >= 11 is 0. The molecule has 11 heteroatoms. The SMILES string of the molecule is Cn1c(-c2cc3cccc(OCCn4ccnc4)c3n2CC2CC2)nc2cc3c(nc21)CCN(C[C@H](N)CF)C3=O. The number of nitrogens with zero attached hydrogens (tertiary/aromatic N) is 7. The van der Waals surface area contributed by atoms with E-state index < -0.39 is 12.7 Å². The van der Waals surface area contributed by atoms with E-state index in [-0.39, 0.29) is 12.5 Å². The number of pyridine rings is 1. The summed E-state index contributed by atoms with van der Waals surface area (Å²) in [6.45, 7) is 2.13. The largest absolute Gasteiger partial charge is 0.490 e. The lowest BCUT2D eigenvalue weighted by Crippen LogP contribution is -2.45. The number of para-hydroxylation sites is 1. The number of aromatic nitrogens is 6. The molecule has 5 aromatic rings. The molecular weight excluding hydrogens is 523 g/mol. The number of alkyl halides is 1. The Balaban J connectivity index is 1.27. The fourth-order valence-corrected chi connectivity index (χ4v) is 5.79. The van der Waals surface area contributed by atoms with Crippen molar-refractivity contribution in [1.29, 1.82) is 0 Å². The molecule has 1 atom stereocenters. The van der Waals surface area contributed by atoms with Crippen LogP contribution in [-0.4, -0.2) is 71.9 Å². The number of carbonyl (C=O) groups is 1. The van der Waals surface area contributed by atoms with Crippen molar-refractivity contribution >= 4 is 28.0 Å². The summed E-state index contributed by atoms with van der Waals surface area (Å²) in [6, 6.07) is 9.48. The lowest BCUT2D eigenvalue weighted by atomic mass is 10.0. The van der Waals surface area contributed by atoms with E-state index in [0.29, 0.717) is 43.1 Å². The Bertz CT molecular complexity index is 1740. The first-order chi connectivity index (χ1) is 20.0. The maximum absolute atomic E-state index is 13.2. The van der Waals surface area contributed by atoms with E-state index in [2.05, 4.69) is 21.7 Å². The van der Waals surface area contributed by atoms with Gasteiger partial charge in [-0.05, 0) is 37.0 Å². The number of rotatable bonds is 10. The van der Waals surface area contributed by atoms with Gasteiger partial charge in [0.2, 0.25) is 0 Å². The average Bonchev–Trinajstić information content (AvgIpc) is 3.35. The smallest absolute Gasteiger partial charge is 0.255 e. The van der Waals surface area contributed by atoms with Gasteiger partial charge in [-0.15, -0.1) is 0 Å². The zero-order valence-electron chi connectivity index (χ0n) is 23.0. The number of hydrogen-bond acceptors (Lipinski definition) is 6. The van der Waals surface area contributed by atoms with Crippen molar-refractivity contribution in [3.05, 3.63) is 60.3 Å². The van der Waals surface area contributed by atoms with E-state index in [1.54, 1.807) is 17.4 Å². The van der Waals surface area contributed by atoms with Gasteiger partial charge in [0, 0.05) is 50.9 Å². The third-order valence-corrected chi connectivity index (χ3v) is 8.13. The van der Waals surface area contributed by atoms with Crippen molar-refractivity contribution in [1.82, 2.24) is 33.6 Å². The van der Waals surface area contributed by atoms with E-state index in [1.165, 1.54) is 12.8 Å². The Morgan fingerprint density at radius 3 is 2.88 bits per heavy atom. The monoisotopic (exact) mass is 556 g/mol. The average molecular weight is 557 g/mol. The van der Waals surface area contributed by atoms with Gasteiger partial charge in [-0.25, -0.2) is 19.3 Å². The minimum absolute atomic E-state index is 0.169. The Kier molecular flexibility index (Phi) is 6.45. The summed E-state index contributed by atoms with van der Waals surface area (Å²) in [5.41, 5.74) is 10.5. The molecule has 1 saturated carbocycles. The number of halogens is 1. The Morgan fingerprint density at radius 2 is 2.10 bits per heavy atom. The van der Waals surface area contributed by atoms with Crippen molar-refractivity contribution in [2.24, 2.45) is 18.7 Å². The highest BCUT2D eigenvalue weighted by Gasteiger charge is 2.30. The van der Waals surface area contributed by atoms with Crippen molar-refractivity contribution in [2.75, 3.05) is 26.4 Å². The molecule has 0 bridgehead atoms. The molecular formula is C30H33FN8O2. The van der Waals surface area contributed by atoms with Crippen molar-refractivity contribution in [3.8, 4) is 17.3 Å². The maximum Gasteiger partial charge on any atom is 0.255 e. The van der Waals surface area contributed by atoms with Gasteiger partial charge in [-0.1, -0.05) is 12.1 Å². The molecule has 2 N–H and O–H groups in total. The zero-order valence-corrected chi connectivity index (χ0v) is 23.0. The highest BCUT2D eigenvalue weighted by atomic mass is 19.1. The van der Waals surface area contributed by atoms with Crippen LogP contribution in [0.3, 0.4) is 0 Å². The summed E-state index contributed by atoms with van der Waals surface area (Å²) in [5.74, 6) is 2.10. The number of ether oxygens (including phenoxy) is 1. The molecule has 5 heterocycles. The first-order valence-electron chi connectivity index (χ1n) is 14.2. The van der Waals surface area contributed by atoms with Gasteiger partial charge in [0.05, 0.1) is 41.4 Å². The van der Waals surface area contributed by atoms with Crippen LogP contribution >= 0.6 is 0 Å². The molecule has 0 spiro atoms. The van der Waals surface area contributed by atoms with Gasteiger partial charge in [-0.3, -0.25) is 4.79 Å². The molecule has 212 valence electrons. The first-order valence-corrected chi connectivity index (χ1v) is 14.2.